The highest BCUT2D eigenvalue weighted by Crippen LogP contribution is 2.24. The number of aliphatic carboxylic acids is 1. The van der Waals surface area contributed by atoms with Crippen LogP contribution in [0, 0.1) is 0 Å². The van der Waals surface area contributed by atoms with Gasteiger partial charge in [0.2, 0.25) is 0 Å². The summed E-state index contributed by atoms with van der Waals surface area (Å²) in [5, 5.41) is 15.9. The third-order valence-electron chi connectivity index (χ3n) is 6.64. The summed E-state index contributed by atoms with van der Waals surface area (Å²) in [6.07, 6.45) is 0.946. The molecule has 0 unspecified atom stereocenters. The molecular formula is C30H30Cl2N4O6. The van der Waals surface area contributed by atoms with Crippen LogP contribution in [0.25, 0.3) is 16.6 Å². The van der Waals surface area contributed by atoms with Gasteiger partial charge in [-0.25, -0.2) is 14.2 Å². The number of carbonyl (C=O) groups is 2. The Morgan fingerprint density at radius 2 is 1.69 bits per heavy atom. The molecule has 0 fully saturated rings. The molecule has 0 aliphatic rings. The summed E-state index contributed by atoms with van der Waals surface area (Å²) >= 11 is 12.2. The highest BCUT2D eigenvalue weighted by molar-refractivity contribution is 6.39. The number of nitrogens with one attached hydrogen (secondary N) is 2. The van der Waals surface area contributed by atoms with E-state index < -0.39 is 29.2 Å². The minimum atomic E-state index is -1.29. The normalized spacial score (nSPS) is 11.8. The summed E-state index contributed by atoms with van der Waals surface area (Å²) in [4.78, 5) is 51.3. The number of hydrogen-bond donors (Lipinski definition) is 3. The lowest BCUT2D eigenvalue weighted by Gasteiger charge is -2.16. The largest absolute Gasteiger partial charge is 0.492 e. The van der Waals surface area contributed by atoms with Gasteiger partial charge >= 0.3 is 11.7 Å². The third-order valence-corrected chi connectivity index (χ3v) is 7.27. The topological polar surface area (TPSA) is 132 Å². The van der Waals surface area contributed by atoms with Crippen LogP contribution in [0.15, 0.2) is 70.3 Å². The predicted octanol–water partition coefficient (Wildman–Crippen LogP) is 3.80. The van der Waals surface area contributed by atoms with Crippen molar-refractivity contribution >= 4 is 46.0 Å². The maximum Gasteiger partial charge on any atom is 0.335 e. The van der Waals surface area contributed by atoms with Gasteiger partial charge < -0.3 is 20.5 Å². The van der Waals surface area contributed by atoms with Gasteiger partial charge in [0.25, 0.3) is 11.5 Å². The number of ether oxygens (including phenoxy) is 1. The third kappa shape index (κ3) is 6.84. The fourth-order valence-corrected chi connectivity index (χ4v) is 5.03. The number of carboxylic acid groups (broad SMARTS) is 1. The number of nitrogens with zero attached hydrogens (tertiary/aromatic N) is 2. The van der Waals surface area contributed by atoms with E-state index in [0.29, 0.717) is 41.1 Å². The van der Waals surface area contributed by atoms with Gasteiger partial charge in [-0.15, -0.1) is 0 Å². The van der Waals surface area contributed by atoms with Crippen molar-refractivity contribution in [1.29, 1.82) is 0 Å². The molecule has 42 heavy (non-hydrogen) atoms. The van der Waals surface area contributed by atoms with Gasteiger partial charge in [0.1, 0.15) is 18.4 Å². The maximum absolute atomic E-state index is 13.5. The molecule has 1 heterocycles. The summed E-state index contributed by atoms with van der Waals surface area (Å²) in [5.41, 5.74) is 0.256. The quantitative estimate of drug-likeness (QED) is 0.207. The predicted molar refractivity (Wildman–Crippen MR) is 162 cm³/mol. The van der Waals surface area contributed by atoms with Crippen LogP contribution < -0.4 is 26.6 Å². The van der Waals surface area contributed by atoms with E-state index in [1.807, 2.05) is 0 Å². The summed E-state index contributed by atoms with van der Waals surface area (Å²) < 4.78 is 8.21. The number of fused-ring (bicyclic) bond motifs is 1. The van der Waals surface area contributed by atoms with Crippen molar-refractivity contribution in [3.8, 4) is 11.4 Å². The fourth-order valence-electron chi connectivity index (χ4n) is 4.46. The lowest BCUT2D eigenvalue weighted by Crippen LogP contribution is -2.42. The van der Waals surface area contributed by atoms with Crippen LogP contribution in [0.2, 0.25) is 10.0 Å². The minimum absolute atomic E-state index is 0.0179. The molecule has 0 saturated carbocycles. The fraction of sp³-hybridized carbons (Fsp3) is 0.267. The van der Waals surface area contributed by atoms with Crippen LogP contribution >= 0.6 is 23.2 Å². The molecule has 0 saturated heterocycles. The second kappa shape index (κ2) is 13.7. The van der Waals surface area contributed by atoms with Crippen molar-refractivity contribution in [3.05, 3.63) is 103 Å². The SMILES string of the molecule is CCCNCCOc1ccc2c(c1)c(=O)n(-c1ccc(C[C@H](NC(=O)c3c(Cl)cccc3Cl)C(=O)O)cc1)c(=O)n2C. The molecule has 0 spiro atoms. The average molecular weight is 613 g/mol. The molecule has 220 valence electrons. The molecule has 0 bridgehead atoms. The van der Waals surface area contributed by atoms with E-state index in [2.05, 4.69) is 17.6 Å². The number of carboxylic acids is 1. The van der Waals surface area contributed by atoms with E-state index in [4.69, 9.17) is 27.9 Å². The van der Waals surface area contributed by atoms with E-state index in [0.717, 1.165) is 17.5 Å². The molecule has 12 heteroatoms. The molecule has 4 aromatic rings. The van der Waals surface area contributed by atoms with Gasteiger partial charge in [-0.1, -0.05) is 48.3 Å². The second-order valence-electron chi connectivity index (χ2n) is 9.59. The molecule has 0 aliphatic carbocycles. The Bertz CT molecular complexity index is 1710. The molecule has 10 nitrogen and oxygen atoms in total. The first-order chi connectivity index (χ1) is 20.1. The molecule has 0 radical (unpaired) electrons. The monoisotopic (exact) mass is 612 g/mol. The highest BCUT2D eigenvalue weighted by atomic mass is 35.5. The summed E-state index contributed by atoms with van der Waals surface area (Å²) in [6.45, 7) is 4.05. The van der Waals surface area contributed by atoms with Crippen LogP contribution in [0.3, 0.4) is 0 Å². The van der Waals surface area contributed by atoms with Crippen molar-refractivity contribution in [3.63, 3.8) is 0 Å². The molecule has 1 amide bonds. The average Bonchev–Trinajstić information content (AvgIpc) is 2.96. The Balaban J connectivity index is 1.57. The van der Waals surface area contributed by atoms with Gasteiger partial charge in [-0.3, -0.25) is 14.2 Å². The van der Waals surface area contributed by atoms with Crippen molar-refractivity contribution < 1.29 is 19.4 Å². The summed E-state index contributed by atoms with van der Waals surface area (Å²) in [6, 6.07) is 14.6. The molecule has 4 rings (SSSR count). The zero-order valence-electron chi connectivity index (χ0n) is 23.0. The number of rotatable bonds is 12. The number of aryl methyl sites for hydroxylation is 1. The van der Waals surface area contributed by atoms with Gasteiger partial charge in [0, 0.05) is 20.0 Å². The Morgan fingerprint density at radius 1 is 1.00 bits per heavy atom. The van der Waals surface area contributed by atoms with Crippen LogP contribution in [-0.4, -0.2) is 51.9 Å². The first-order valence-electron chi connectivity index (χ1n) is 13.3. The van der Waals surface area contributed by atoms with Gasteiger partial charge in [0.15, 0.2) is 0 Å². The Hall–Kier alpha value is -4.12. The summed E-state index contributed by atoms with van der Waals surface area (Å²) in [7, 11) is 1.58. The molecule has 0 aliphatic heterocycles. The highest BCUT2D eigenvalue weighted by Gasteiger charge is 2.24. The van der Waals surface area contributed by atoms with Gasteiger partial charge in [-0.2, -0.15) is 0 Å². The lowest BCUT2D eigenvalue weighted by molar-refractivity contribution is -0.139. The van der Waals surface area contributed by atoms with Crippen LogP contribution in [0.1, 0.15) is 29.3 Å². The molecule has 3 N–H and O–H groups in total. The maximum atomic E-state index is 13.5. The zero-order valence-corrected chi connectivity index (χ0v) is 24.5. The smallest absolute Gasteiger partial charge is 0.335 e. The minimum Gasteiger partial charge on any atom is -0.492 e. The van der Waals surface area contributed by atoms with E-state index in [-0.39, 0.29) is 22.0 Å². The molecular weight excluding hydrogens is 583 g/mol. The number of aromatic nitrogens is 2. The van der Waals surface area contributed by atoms with E-state index in [9.17, 15) is 24.3 Å². The Morgan fingerprint density at radius 3 is 2.33 bits per heavy atom. The number of halogens is 2. The number of carbonyl (C=O) groups excluding carboxylic acids is 1. The standard InChI is InChI=1S/C30H30Cl2N4O6/c1-3-13-33-14-15-42-20-11-12-25-21(17-20)28(38)36(30(41)35(25)2)19-9-7-18(8-10-19)16-24(29(39)40)34-27(37)26-22(31)5-4-6-23(26)32/h4-12,17,24,33H,3,13-16H2,1-2H3,(H,34,37)(H,39,40)/t24-/m0/s1. The van der Waals surface area contributed by atoms with Crippen LogP contribution in [0.5, 0.6) is 5.75 Å². The van der Waals surface area contributed by atoms with Crippen LogP contribution in [0.4, 0.5) is 0 Å². The van der Waals surface area contributed by atoms with Gasteiger partial charge in [-0.05, 0) is 61.0 Å². The van der Waals surface area contributed by atoms with Gasteiger partial charge in [0.05, 0.1) is 32.2 Å². The molecule has 3 aromatic carbocycles. The number of benzene rings is 3. The number of hydrogen-bond acceptors (Lipinski definition) is 6. The first-order valence-corrected chi connectivity index (χ1v) is 14.0. The summed E-state index contributed by atoms with van der Waals surface area (Å²) in [5.74, 6) is -1.46. The molecule has 1 aromatic heterocycles. The van der Waals surface area contributed by atoms with Crippen LogP contribution in [-0.2, 0) is 18.3 Å². The second-order valence-corrected chi connectivity index (χ2v) is 10.4. The Kier molecular flexibility index (Phi) is 10.1. The van der Waals surface area contributed by atoms with Crippen molar-refractivity contribution in [1.82, 2.24) is 19.8 Å². The van der Waals surface area contributed by atoms with Crippen molar-refractivity contribution in [2.45, 2.75) is 25.8 Å². The van der Waals surface area contributed by atoms with E-state index in [1.54, 1.807) is 55.6 Å². The lowest BCUT2D eigenvalue weighted by atomic mass is 10.0. The van der Waals surface area contributed by atoms with E-state index in [1.165, 1.54) is 16.7 Å². The van der Waals surface area contributed by atoms with Crippen molar-refractivity contribution in [2.75, 3.05) is 19.7 Å². The number of amides is 1. The Labute approximate surface area is 251 Å². The first kappa shape index (κ1) is 30.8. The van der Waals surface area contributed by atoms with Crippen molar-refractivity contribution in [2.24, 2.45) is 7.05 Å². The zero-order chi connectivity index (χ0) is 30.4. The molecule has 1 atom stereocenters. The van der Waals surface area contributed by atoms with E-state index >= 15 is 0 Å².